The van der Waals surface area contributed by atoms with Crippen LogP contribution in [0.4, 0.5) is 14.5 Å². The predicted octanol–water partition coefficient (Wildman–Crippen LogP) is 5.64. The van der Waals surface area contributed by atoms with Crippen LogP contribution in [-0.4, -0.2) is 47.7 Å². The van der Waals surface area contributed by atoms with Crippen LogP contribution in [-0.2, 0) is 16.0 Å². The van der Waals surface area contributed by atoms with E-state index in [4.69, 9.17) is 38.4 Å². The largest absolute Gasteiger partial charge is 0.619 e. The molecule has 9 nitrogen and oxygen atoms in total. The molecule has 43 heavy (non-hydrogen) atoms. The maximum Gasteiger partial charge on any atom is 0.387 e. The van der Waals surface area contributed by atoms with Gasteiger partial charge in [-0.2, -0.15) is 13.5 Å². The summed E-state index contributed by atoms with van der Waals surface area (Å²) in [7, 11) is 0. The second-order valence-corrected chi connectivity index (χ2v) is 12.1. The molecule has 2 aliphatic rings. The van der Waals surface area contributed by atoms with E-state index in [1.165, 1.54) is 34.9 Å². The van der Waals surface area contributed by atoms with Gasteiger partial charge in [-0.25, -0.2) is 4.79 Å². The van der Waals surface area contributed by atoms with Crippen LogP contribution in [0.25, 0.3) is 0 Å². The summed E-state index contributed by atoms with van der Waals surface area (Å²) in [4.78, 5) is 28.3. The summed E-state index contributed by atoms with van der Waals surface area (Å²) < 4.78 is 43.2. The first-order chi connectivity index (χ1) is 20.6. The van der Waals surface area contributed by atoms with Gasteiger partial charge in [0.05, 0.1) is 6.61 Å². The SMILES string of the molecule is Nc1ccc(C(=O)N2CCSC2C(=O)O[C@@H](Cc2c(Cl)c[n+]([O-])cc2Cl)c2ccc(OC(F)F)c(OCC3CC3)c2)cc1. The van der Waals surface area contributed by atoms with Gasteiger partial charge in [0.1, 0.15) is 16.1 Å². The van der Waals surface area contributed by atoms with E-state index in [2.05, 4.69) is 4.74 Å². The van der Waals surface area contributed by atoms with Crippen LogP contribution in [0, 0.1) is 11.1 Å². The highest BCUT2D eigenvalue weighted by molar-refractivity contribution is 8.00. The summed E-state index contributed by atoms with van der Waals surface area (Å²) >= 11 is 13.9. The van der Waals surface area contributed by atoms with E-state index in [1.807, 2.05) is 0 Å². The Morgan fingerprint density at radius 3 is 2.44 bits per heavy atom. The Bertz CT molecular complexity index is 1470. The number of nitrogens with zero attached hydrogens (tertiary/aromatic N) is 2. The number of amides is 1. The van der Waals surface area contributed by atoms with Gasteiger partial charge in [0.15, 0.2) is 29.3 Å². The molecule has 1 aliphatic carbocycles. The van der Waals surface area contributed by atoms with E-state index in [-0.39, 0.29) is 33.9 Å². The lowest BCUT2D eigenvalue weighted by molar-refractivity contribution is -0.605. The fraction of sp³-hybridized carbons (Fsp3) is 0.345. The highest BCUT2D eigenvalue weighted by Crippen LogP contribution is 2.38. The lowest BCUT2D eigenvalue weighted by Crippen LogP contribution is -2.40. The van der Waals surface area contributed by atoms with E-state index in [9.17, 15) is 23.6 Å². The van der Waals surface area contributed by atoms with Crippen molar-refractivity contribution >= 4 is 52.5 Å². The lowest BCUT2D eigenvalue weighted by atomic mass is 10.0. The monoisotopic (exact) mass is 653 g/mol. The number of aromatic nitrogens is 1. The van der Waals surface area contributed by atoms with Crippen molar-refractivity contribution in [3.05, 3.63) is 86.8 Å². The van der Waals surface area contributed by atoms with Crippen molar-refractivity contribution in [3.8, 4) is 11.5 Å². The van der Waals surface area contributed by atoms with Gasteiger partial charge in [-0.05, 0) is 60.7 Å². The summed E-state index contributed by atoms with van der Waals surface area (Å²) in [5.74, 6) is -0.345. The first-order valence-electron chi connectivity index (χ1n) is 13.4. The van der Waals surface area contributed by atoms with Crippen LogP contribution in [0.15, 0.2) is 54.9 Å². The van der Waals surface area contributed by atoms with Crippen molar-refractivity contribution in [2.75, 3.05) is 24.6 Å². The van der Waals surface area contributed by atoms with E-state index in [0.29, 0.717) is 51.9 Å². The second kappa shape index (κ2) is 13.4. The first kappa shape index (κ1) is 31.0. The zero-order chi connectivity index (χ0) is 30.7. The number of carbonyl (C=O) groups excluding carboxylic acids is 2. The molecule has 0 spiro atoms. The quantitative estimate of drug-likeness (QED) is 0.122. The number of hydrogen-bond acceptors (Lipinski definition) is 8. The van der Waals surface area contributed by atoms with Crippen molar-refractivity contribution in [2.45, 2.75) is 37.4 Å². The summed E-state index contributed by atoms with van der Waals surface area (Å²) in [5, 5.41) is 11.0. The van der Waals surface area contributed by atoms with Gasteiger partial charge in [0.25, 0.3) is 5.91 Å². The zero-order valence-electron chi connectivity index (χ0n) is 22.6. The molecule has 0 radical (unpaired) electrons. The number of benzene rings is 2. The van der Waals surface area contributed by atoms with Gasteiger partial charge in [-0.1, -0.05) is 29.3 Å². The van der Waals surface area contributed by atoms with E-state index >= 15 is 0 Å². The molecule has 2 fully saturated rings. The maximum absolute atomic E-state index is 13.6. The van der Waals surface area contributed by atoms with Gasteiger partial charge in [-0.15, -0.1) is 11.8 Å². The van der Waals surface area contributed by atoms with Crippen LogP contribution in [0.2, 0.25) is 10.0 Å². The number of ether oxygens (including phenoxy) is 3. The second-order valence-electron chi connectivity index (χ2n) is 10.1. The third kappa shape index (κ3) is 7.73. The number of pyridine rings is 1. The Morgan fingerprint density at radius 2 is 1.79 bits per heavy atom. The summed E-state index contributed by atoms with van der Waals surface area (Å²) in [5.41, 5.74) is 7.32. The first-order valence-corrected chi connectivity index (χ1v) is 15.2. The van der Waals surface area contributed by atoms with Crippen molar-refractivity contribution < 1.29 is 37.3 Å². The zero-order valence-corrected chi connectivity index (χ0v) is 24.9. The molecule has 5 rings (SSSR count). The van der Waals surface area contributed by atoms with Gasteiger partial charge < -0.3 is 30.1 Å². The molecule has 1 saturated carbocycles. The van der Waals surface area contributed by atoms with E-state index in [0.717, 1.165) is 25.2 Å². The fourth-order valence-electron chi connectivity index (χ4n) is 4.52. The standard InChI is InChI=1S/C29H27Cl2F2N3O6S/c30-21-13-35(39)14-22(31)20(21)12-24(18-5-8-23(42-29(32)33)25(11-18)40-15-16-1-2-16)41-28(38)27-36(9-10-43-27)26(37)17-3-6-19(34)7-4-17/h3-8,11,13-14,16,24,27,29H,1-2,9-10,12,15,34H2/t24-,27?/m0/s1. The smallest absolute Gasteiger partial charge is 0.387 e. The molecular formula is C29H27Cl2F2N3O6S. The number of nitrogen functional groups attached to an aromatic ring is 1. The van der Waals surface area contributed by atoms with Crippen LogP contribution in [0.1, 0.15) is 40.4 Å². The van der Waals surface area contributed by atoms with Gasteiger partial charge in [0, 0.05) is 35.5 Å². The van der Waals surface area contributed by atoms with Crippen LogP contribution in [0.3, 0.4) is 0 Å². The molecule has 14 heteroatoms. The molecule has 2 heterocycles. The van der Waals surface area contributed by atoms with Crippen LogP contribution in [0.5, 0.6) is 11.5 Å². The topological polar surface area (TPSA) is 118 Å². The Labute approximate surface area is 260 Å². The average molecular weight is 655 g/mol. The Kier molecular flexibility index (Phi) is 9.68. The number of anilines is 1. The fourth-order valence-corrected chi connectivity index (χ4v) is 6.22. The highest BCUT2D eigenvalue weighted by Gasteiger charge is 2.38. The van der Waals surface area contributed by atoms with E-state index < -0.39 is 24.1 Å². The minimum Gasteiger partial charge on any atom is -0.619 e. The molecule has 1 aliphatic heterocycles. The number of esters is 1. The van der Waals surface area contributed by atoms with Crippen molar-refractivity contribution in [3.63, 3.8) is 0 Å². The molecule has 1 unspecified atom stereocenters. The van der Waals surface area contributed by atoms with Gasteiger partial charge >= 0.3 is 12.6 Å². The third-order valence-electron chi connectivity index (χ3n) is 6.94. The molecule has 2 atom stereocenters. The summed E-state index contributed by atoms with van der Waals surface area (Å²) in [6.07, 6.45) is 3.06. The molecule has 2 N–H and O–H groups in total. The summed E-state index contributed by atoms with van der Waals surface area (Å²) in [6, 6.07) is 10.6. The summed E-state index contributed by atoms with van der Waals surface area (Å²) in [6.45, 7) is -2.45. The molecule has 228 valence electrons. The van der Waals surface area contributed by atoms with Gasteiger partial charge in [0.2, 0.25) is 0 Å². The Hall–Kier alpha value is -3.48. The Morgan fingerprint density at radius 1 is 1.09 bits per heavy atom. The number of halogens is 4. The van der Waals surface area contributed by atoms with E-state index in [1.54, 1.807) is 24.3 Å². The lowest BCUT2D eigenvalue weighted by Gasteiger charge is -2.26. The molecule has 1 saturated heterocycles. The number of rotatable bonds is 11. The van der Waals surface area contributed by atoms with Crippen molar-refractivity contribution in [2.24, 2.45) is 5.92 Å². The van der Waals surface area contributed by atoms with Crippen molar-refractivity contribution in [1.82, 2.24) is 4.90 Å². The number of hydrogen-bond donors (Lipinski definition) is 1. The molecule has 3 aromatic rings. The third-order valence-corrected chi connectivity index (χ3v) is 8.78. The van der Waals surface area contributed by atoms with Crippen LogP contribution < -0.4 is 19.9 Å². The normalized spacial score (nSPS) is 17.1. The molecule has 0 bridgehead atoms. The molecule has 1 aromatic heterocycles. The Balaban J connectivity index is 1.45. The van der Waals surface area contributed by atoms with Crippen LogP contribution >= 0.6 is 35.0 Å². The predicted molar refractivity (Wildman–Crippen MR) is 157 cm³/mol. The number of thioether (sulfide) groups is 1. The number of carbonyl (C=O) groups is 2. The highest BCUT2D eigenvalue weighted by atomic mass is 35.5. The molecule has 1 amide bonds. The number of nitrogens with two attached hydrogens (primary N) is 1. The minimum absolute atomic E-state index is 0.0433. The minimum atomic E-state index is -3.08. The number of alkyl halides is 2. The molecule has 2 aromatic carbocycles. The molecular weight excluding hydrogens is 627 g/mol. The van der Waals surface area contributed by atoms with Gasteiger partial charge in [-0.3, -0.25) is 4.79 Å². The average Bonchev–Trinajstić information content (AvgIpc) is 3.66. The van der Waals surface area contributed by atoms with Crippen molar-refractivity contribution in [1.29, 1.82) is 0 Å². The maximum atomic E-state index is 13.6.